The fourth-order valence-electron chi connectivity index (χ4n) is 2.04. The van der Waals surface area contributed by atoms with Crippen LogP contribution in [0, 0.1) is 6.92 Å². The van der Waals surface area contributed by atoms with E-state index in [0.29, 0.717) is 0 Å². The Morgan fingerprint density at radius 1 is 1.22 bits per heavy atom. The van der Waals surface area contributed by atoms with Gasteiger partial charge in [0.2, 0.25) is 0 Å². The first-order chi connectivity index (χ1) is 8.53. The molecule has 0 radical (unpaired) electrons. The summed E-state index contributed by atoms with van der Waals surface area (Å²) >= 11 is 0. The van der Waals surface area contributed by atoms with Gasteiger partial charge in [-0.25, -0.2) is 0 Å². The van der Waals surface area contributed by atoms with Gasteiger partial charge in [0, 0.05) is 6.54 Å². The molecular formula is C14H27NOSi2. The van der Waals surface area contributed by atoms with Gasteiger partial charge in [0.05, 0.1) is 0 Å². The monoisotopic (exact) mass is 281 g/mol. The van der Waals surface area contributed by atoms with Gasteiger partial charge in [0.15, 0.2) is 8.32 Å². The highest BCUT2D eigenvalue weighted by Gasteiger charge is 2.19. The molecule has 1 N–H and O–H groups in total. The van der Waals surface area contributed by atoms with E-state index in [2.05, 4.69) is 56.1 Å². The molecule has 2 nitrogen and oxygen atoms in total. The lowest BCUT2D eigenvalue weighted by molar-refractivity contribution is 0.576. The van der Waals surface area contributed by atoms with Crippen LogP contribution in [0.3, 0.4) is 0 Å². The Bertz CT molecular complexity index is 338. The molecule has 0 aliphatic rings. The summed E-state index contributed by atoms with van der Waals surface area (Å²) in [6.45, 7) is 11.1. The average molecular weight is 282 g/mol. The molecule has 0 atom stereocenters. The topological polar surface area (TPSA) is 21.3 Å². The van der Waals surface area contributed by atoms with Gasteiger partial charge >= 0.3 is 0 Å². The zero-order chi connectivity index (χ0) is 13.4. The summed E-state index contributed by atoms with van der Waals surface area (Å²) in [5.74, 6) is 0. The summed E-state index contributed by atoms with van der Waals surface area (Å²) in [4.78, 5) is 0. The predicted molar refractivity (Wildman–Crippen MR) is 85.3 cm³/mol. The van der Waals surface area contributed by atoms with Crippen LogP contribution in [-0.2, 0) is 10.7 Å². The van der Waals surface area contributed by atoms with E-state index >= 15 is 0 Å². The minimum Gasteiger partial charge on any atom is -0.461 e. The van der Waals surface area contributed by atoms with Crippen LogP contribution in [-0.4, -0.2) is 24.6 Å². The number of hydrogen-bond acceptors (Lipinski definition) is 2. The Morgan fingerprint density at radius 3 is 2.50 bits per heavy atom. The Hall–Kier alpha value is -0.426. The van der Waals surface area contributed by atoms with E-state index in [1.165, 1.54) is 23.6 Å². The van der Waals surface area contributed by atoms with Crippen molar-refractivity contribution in [2.75, 3.05) is 6.54 Å². The summed E-state index contributed by atoms with van der Waals surface area (Å²) in [6.07, 6.45) is 1.24. The Kier molecular flexibility index (Phi) is 6.85. The molecule has 0 amide bonds. The van der Waals surface area contributed by atoms with Crippen LogP contribution < -0.4 is 5.32 Å². The van der Waals surface area contributed by atoms with Gasteiger partial charge < -0.3 is 9.43 Å². The molecule has 1 aromatic rings. The molecule has 1 aromatic carbocycles. The molecule has 0 saturated carbocycles. The molecule has 0 spiro atoms. The highest BCUT2D eigenvalue weighted by Crippen LogP contribution is 2.12. The minimum absolute atomic E-state index is 0.234. The summed E-state index contributed by atoms with van der Waals surface area (Å²) in [7, 11) is -1.55. The van der Waals surface area contributed by atoms with Gasteiger partial charge in [-0.3, -0.25) is 0 Å². The third-order valence-electron chi connectivity index (χ3n) is 3.12. The largest absolute Gasteiger partial charge is 0.461 e. The van der Waals surface area contributed by atoms with E-state index in [1.807, 2.05) is 0 Å². The Labute approximate surface area is 115 Å². The SMILES string of the molecule is C[SiH2]O[Si](C)(C)CCCNCc1ccc(C)cc1. The normalized spacial score (nSPS) is 12.4. The summed E-state index contributed by atoms with van der Waals surface area (Å²) in [5.41, 5.74) is 2.70. The van der Waals surface area contributed by atoms with Gasteiger partial charge in [0.25, 0.3) is 0 Å². The smallest absolute Gasteiger partial charge is 0.173 e. The zero-order valence-corrected chi connectivity index (χ0v) is 14.7. The number of aryl methyl sites for hydroxylation is 1. The third-order valence-corrected chi connectivity index (χ3v) is 8.96. The van der Waals surface area contributed by atoms with Crippen molar-refractivity contribution in [3.8, 4) is 0 Å². The molecule has 0 saturated heterocycles. The van der Waals surface area contributed by atoms with Crippen LogP contribution in [0.15, 0.2) is 24.3 Å². The van der Waals surface area contributed by atoms with Crippen molar-refractivity contribution < 1.29 is 4.12 Å². The van der Waals surface area contributed by atoms with E-state index in [-0.39, 0.29) is 9.76 Å². The fourth-order valence-corrected chi connectivity index (χ4v) is 6.77. The molecule has 0 aliphatic carbocycles. The standard InChI is InChI=1S/C14H27NOSi2/c1-13-6-8-14(9-7-13)12-15-10-5-11-18(3,4)16-17-2/h6-9,15H,5,10-12,17H2,1-4H3. The highest BCUT2D eigenvalue weighted by atomic mass is 28.4. The molecular weight excluding hydrogens is 254 g/mol. The van der Waals surface area contributed by atoms with Gasteiger partial charge in [-0.1, -0.05) is 36.4 Å². The highest BCUT2D eigenvalue weighted by molar-refractivity contribution is 6.74. The van der Waals surface area contributed by atoms with E-state index in [1.54, 1.807) is 0 Å². The maximum absolute atomic E-state index is 5.96. The quantitative estimate of drug-likeness (QED) is 0.584. The van der Waals surface area contributed by atoms with Crippen LogP contribution in [0.4, 0.5) is 0 Å². The van der Waals surface area contributed by atoms with E-state index in [9.17, 15) is 0 Å². The van der Waals surface area contributed by atoms with Crippen LogP contribution >= 0.6 is 0 Å². The van der Waals surface area contributed by atoms with Crippen LogP contribution in [0.25, 0.3) is 0 Å². The summed E-state index contributed by atoms with van der Waals surface area (Å²) in [6, 6.07) is 10.0. The second-order valence-corrected chi connectivity index (χ2v) is 11.2. The van der Waals surface area contributed by atoms with Crippen molar-refractivity contribution in [2.24, 2.45) is 0 Å². The van der Waals surface area contributed by atoms with Crippen molar-refractivity contribution in [3.05, 3.63) is 35.4 Å². The van der Waals surface area contributed by atoms with E-state index in [0.717, 1.165) is 13.1 Å². The maximum atomic E-state index is 5.96. The van der Waals surface area contributed by atoms with Gasteiger partial charge in [-0.2, -0.15) is 0 Å². The summed E-state index contributed by atoms with van der Waals surface area (Å²) < 4.78 is 5.96. The molecule has 0 aliphatic heterocycles. The van der Waals surface area contributed by atoms with Crippen molar-refractivity contribution in [1.29, 1.82) is 0 Å². The second kappa shape index (κ2) is 7.89. The molecule has 0 fully saturated rings. The maximum Gasteiger partial charge on any atom is 0.173 e. The first kappa shape index (κ1) is 15.6. The first-order valence-corrected chi connectivity index (χ1v) is 12.0. The minimum atomic E-state index is -1.32. The van der Waals surface area contributed by atoms with Gasteiger partial charge in [-0.15, -0.1) is 0 Å². The number of nitrogens with one attached hydrogen (secondary N) is 1. The zero-order valence-electron chi connectivity index (χ0n) is 12.3. The van der Waals surface area contributed by atoms with Crippen molar-refractivity contribution >= 4 is 18.1 Å². The van der Waals surface area contributed by atoms with Crippen molar-refractivity contribution in [1.82, 2.24) is 5.32 Å². The van der Waals surface area contributed by atoms with Gasteiger partial charge in [-0.05, 0) is 44.6 Å². The molecule has 4 heteroatoms. The molecule has 0 unspecified atom stereocenters. The Balaban J connectivity index is 2.14. The van der Waals surface area contributed by atoms with Crippen molar-refractivity contribution in [2.45, 2.75) is 45.6 Å². The first-order valence-electron chi connectivity index (χ1n) is 6.94. The Morgan fingerprint density at radius 2 is 1.89 bits per heavy atom. The fraction of sp³-hybridized carbons (Fsp3) is 0.571. The number of benzene rings is 1. The molecule has 0 bridgehead atoms. The second-order valence-electron chi connectivity index (χ2n) is 5.46. The van der Waals surface area contributed by atoms with Crippen LogP contribution in [0.2, 0.25) is 25.7 Å². The lowest BCUT2D eigenvalue weighted by Crippen LogP contribution is -2.32. The number of rotatable bonds is 8. The average Bonchev–Trinajstić information content (AvgIpc) is 2.31. The van der Waals surface area contributed by atoms with Crippen molar-refractivity contribution in [3.63, 3.8) is 0 Å². The lowest BCUT2D eigenvalue weighted by Gasteiger charge is -2.22. The molecule has 102 valence electrons. The molecule has 1 rings (SSSR count). The summed E-state index contributed by atoms with van der Waals surface area (Å²) in [5, 5.41) is 3.51. The van der Waals surface area contributed by atoms with Crippen LogP contribution in [0.5, 0.6) is 0 Å². The molecule has 18 heavy (non-hydrogen) atoms. The predicted octanol–water partition coefficient (Wildman–Crippen LogP) is 2.83. The lowest BCUT2D eigenvalue weighted by atomic mass is 10.1. The molecule has 0 aromatic heterocycles. The van der Waals surface area contributed by atoms with E-state index in [4.69, 9.17) is 4.12 Å². The molecule has 0 heterocycles. The van der Waals surface area contributed by atoms with Crippen LogP contribution in [0.1, 0.15) is 17.5 Å². The van der Waals surface area contributed by atoms with Gasteiger partial charge in [0.1, 0.15) is 9.76 Å². The number of hydrogen-bond donors (Lipinski definition) is 1. The van der Waals surface area contributed by atoms with E-state index < -0.39 is 8.32 Å². The third kappa shape index (κ3) is 6.49.